The summed E-state index contributed by atoms with van der Waals surface area (Å²) in [6.07, 6.45) is 1.84. The maximum atomic E-state index is 5.65. The number of pyridine rings is 1. The molecule has 0 unspecified atom stereocenters. The number of aliphatic imine (C=N–C) groups is 1. The third-order valence-corrected chi connectivity index (χ3v) is 5.99. The highest BCUT2D eigenvalue weighted by atomic mass is 79.9. The molecule has 1 saturated heterocycles. The number of rotatable bonds is 3. The molecule has 1 aromatic heterocycles. The molecule has 3 atom stereocenters. The maximum Gasteiger partial charge on any atom is 0.160 e. The van der Waals surface area contributed by atoms with Crippen molar-refractivity contribution in [2.75, 3.05) is 13.7 Å². The number of fused-ring (bicyclic) bond motifs is 1. The largest absolute Gasteiger partial charge is 0.496 e. The molecule has 0 spiro atoms. The van der Waals surface area contributed by atoms with Crippen LogP contribution >= 0.6 is 27.7 Å². The number of ether oxygens (including phenoxy) is 1. The zero-order valence-electron chi connectivity index (χ0n) is 13.5. The van der Waals surface area contributed by atoms with Crippen LogP contribution in [0.4, 0.5) is 0 Å². The Morgan fingerprint density at radius 3 is 2.92 bits per heavy atom. The van der Waals surface area contributed by atoms with Crippen LogP contribution in [0.5, 0.6) is 5.75 Å². The first kappa shape index (κ1) is 16.0. The molecule has 0 radical (unpaired) electrons. The molecule has 1 fully saturated rings. The highest BCUT2D eigenvalue weighted by Gasteiger charge is 2.44. The summed E-state index contributed by atoms with van der Waals surface area (Å²) >= 11 is 5.45. The molecule has 1 aromatic carbocycles. The molecule has 2 aliphatic heterocycles. The standard InChI is InChI=1S/C18H18BrN3OS/c1-11-10-22-17(13-9-12(19)6-7-15(13)23-2)16(21-18(22)24-11)14-5-3-4-8-20-14/h3-9,11,16-17H,10H2,1-2H3/t11-,16-,17-/m0/s1. The van der Waals surface area contributed by atoms with E-state index in [1.165, 1.54) is 0 Å². The van der Waals surface area contributed by atoms with E-state index < -0.39 is 0 Å². The van der Waals surface area contributed by atoms with Gasteiger partial charge in [0.2, 0.25) is 0 Å². The van der Waals surface area contributed by atoms with Gasteiger partial charge in [-0.25, -0.2) is 0 Å². The van der Waals surface area contributed by atoms with E-state index in [-0.39, 0.29) is 12.1 Å². The first-order valence-electron chi connectivity index (χ1n) is 7.93. The molecular formula is C18H18BrN3OS. The van der Waals surface area contributed by atoms with Gasteiger partial charge in [0.25, 0.3) is 0 Å². The lowest BCUT2D eigenvalue weighted by molar-refractivity contribution is 0.307. The van der Waals surface area contributed by atoms with Gasteiger partial charge in [0.1, 0.15) is 11.8 Å². The Morgan fingerprint density at radius 2 is 2.17 bits per heavy atom. The van der Waals surface area contributed by atoms with Gasteiger partial charge in [-0.1, -0.05) is 40.7 Å². The van der Waals surface area contributed by atoms with Crippen LogP contribution in [0.2, 0.25) is 0 Å². The summed E-state index contributed by atoms with van der Waals surface area (Å²) in [5, 5.41) is 1.67. The van der Waals surface area contributed by atoms with Crippen molar-refractivity contribution in [1.29, 1.82) is 0 Å². The Labute approximate surface area is 154 Å². The lowest BCUT2D eigenvalue weighted by atomic mass is 9.95. The van der Waals surface area contributed by atoms with E-state index in [4.69, 9.17) is 9.73 Å². The van der Waals surface area contributed by atoms with Crippen LogP contribution in [-0.4, -0.2) is 34.0 Å². The molecule has 4 nitrogen and oxygen atoms in total. The fourth-order valence-electron chi connectivity index (χ4n) is 3.39. The molecule has 3 heterocycles. The molecule has 4 rings (SSSR count). The van der Waals surface area contributed by atoms with Crippen LogP contribution < -0.4 is 4.74 Å². The summed E-state index contributed by atoms with van der Waals surface area (Å²) in [5.41, 5.74) is 2.15. The first-order chi connectivity index (χ1) is 11.7. The molecule has 124 valence electrons. The fourth-order valence-corrected chi connectivity index (χ4v) is 4.86. The average molecular weight is 404 g/mol. The molecule has 2 aromatic rings. The second-order valence-electron chi connectivity index (χ2n) is 6.02. The minimum atomic E-state index is -0.00981. The number of amidine groups is 1. The number of methoxy groups -OCH3 is 1. The predicted octanol–water partition coefficient (Wildman–Crippen LogP) is 4.44. The highest BCUT2D eigenvalue weighted by Crippen LogP contribution is 2.49. The van der Waals surface area contributed by atoms with Gasteiger partial charge in [-0.2, -0.15) is 0 Å². The third kappa shape index (κ3) is 2.71. The maximum absolute atomic E-state index is 5.65. The monoisotopic (exact) mass is 403 g/mol. The van der Waals surface area contributed by atoms with Gasteiger partial charge in [0.15, 0.2) is 5.17 Å². The summed E-state index contributed by atoms with van der Waals surface area (Å²) in [5.74, 6) is 0.894. The van der Waals surface area contributed by atoms with Crippen molar-refractivity contribution in [3.05, 3.63) is 58.3 Å². The van der Waals surface area contributed by atoms with Crippen molar-refractivity contribution >= 4 is 32.9 Å². The highest BCUT2D eigenvalue weighted by molar-refractivity contribution is 9.10. The van der Waals surface area contributed by atoms with Gasteiger partial charge < -0.3 is 9.64 Å². The molecule has 0 bridgehead atoms. The van der Waals surface area contributed by atoms with Gasteiger partial charge in [-0.05, 0) is 30.3 Å². The Bertz CT molecular complexity index is 783. The summed E-state index contributed by atoms with van der Waals surface area (Å²) in [6, 6.07) is 12.3. The van der Waals surface area contributed by atoms with Crippen molar-refractivity contribution in [1.82, 2.24) is 9.88 Å². The van der Waals surface area contributed by atoms with Crippen molar-refractivity contribution in [3.63, 3.8) is 0 Å². The average Bonchev–Trinajstić information content (AvgIpc) is 3.11. The Morgan fingerprint density at radius 1 is 1.29 bits per heavy atom. The van der Waals surface area contributed by atoms with Crippen LogP contribution in [-0.2, 0) is 0 Å². The quantitative estimate of drug-likeness (QED) is 0.758. The van der Waals surface area contributed by atoms with Crippen LogP contribution in [0, 0.1) is 0 Å². The Kier molecular flexibility index (Phi) is 4.26. The van der Waals surface area contributed by atoms with Gasteiger partial charge in [-0.15, -0.1) is 0 Å². The normalized spacial score (nSPS) is 25.5. The Hall–Kier alpha value is -1.53. The number of aromatic nitrogens is 1. The SMILES string of the molecule is COc1ccc(Br)cc1[C@H]1[C@H](c2ccccn2)N=C2S[C@@H](C)CN21. The number of halogens is 1. The number of benzene rings is 1. The fraction of sp³-hybridized carbons (Fsp3) is 0.333. The van der Waals surface area contributed by atoms with Gasteiger partial charge in [0, 0.05) is 28.0 Å². The van der Waals surface area contributed by atoms with Gasteiger partial charge >= 0.3 is 0 Å². The minimum Gasteiger partial charge on any atom is -0.496 e. The van der Waals surface area contributed by atoms with E-state index in [0.29, 0.717) is 5.25 Å². The molecular weight excluding hydrogens is 386 g/mol. The van der Waals surface area contributed by atoms with E-state index in [1.54, 1.807) is 7.11 Å². The molecule has 24 heavy (non-hydrogen) atoms. The van der Waals surface area contributed by atoms with E-state index in [0.717, 1.165) is 33.2 Å². The molecule has 6 heteroatoms. The molecule has 0 saturated carbocycles. The third-order valence-electron chi connectivity index (χ3n) is 4.39. The van der Waals surface area contributed by atoms with Crippen LogP contribution in [0.15, 0.2) is 52.1 Å². The van der Waals surface area contributed by atoms with Crippen molar-refractivity contribution in [3.8, 4) is 5.75 Å². The van der Waals surface area contributed by atoms with E-state index in [2.05, 4.69) is 44.9 Å². The van der Waals surface area contributed by atoms with Crippen LogP contribution in [0.1, 0.15) is 30.3 Å². The number of hydrogen-bond donors (Lipinski definition) is 0. The smallest absolute Gasteiger partial charge is 0.160 e. The molecule has 0 N–H and O–H groups in total. The predicted molar refractivity (Wildman–Crippen MR) is 102 cm³/mol. The number of hydrogen-bond acceptors (Lipinski definition) is 5. The van der Waals surface area contributed by atoms with Crippen molar-refractivity contribution < 1.29 is 4.74 Å². The van der Waals surface area contributed by atoms with E-state index in [9.17, 15) is 0 Å². The second-order valence-corrected chi connectivity index (χ2v) is 8.34. The summed E-state index contributed by atoms with van der Waals surface area (Å²) in [7, 11) is 1.72. The van der Waals surface area contributed by atoms with Crippen LogP contribution in [0.25, 0.3) is 0 Å². The second kappa shape index (κ2) is 6.41. The zero-order valence-corrected chi connectivity index (χ0v) is 15.9. The lowest BCUT2D eigenvalue weighted by Gasteiger charge is -2.28. The lowest BCUT2D eigenvalue weighted by Crippen LogP contribution is -2.28. The van der Waals surface area contributed by atoms with Gasteiger partial charge in [-0.3, -0.25) is 9.98 Å². The van der Waals surface area contributed by atoms with Gasteiger partial charge in [0.05, 0.1) is 18.8 Å². The van der Waals surface area contributed by atoms with Crippen LogP contribution in [0.3, 0.4) is 0 Å². The zero-order chi connectivity index (χ0) is 16.7. The number of thioether (sulfide) groups is 1. The number of nitrogens with zero attached hydrogens (tertiary/aromatic N) is 3. The summed E-state index contributed by atoms with van der Waals surface area (Å²) in [6.45, 7) is 3.24. The molecule has 0 amide bonds. The summed E-state index contributed by atoms with van der Waals surface area (Å²) < 4.78 is 6.69. The molecule has 2 aliphatic rings. The topological polar surface area (TPSA) is 37.7 Å². The minimum absolute atomic E-state index is 0.00981. The van der Waals surface area contributed by atoms with E-state index >= 15 is 0 Å². The van der Waals surface area contributed by atoms with Crippen molar-refractivity contribution in [2.45, 2.75) is 24.3 Å². The first-order valence-corrected chi connectivity index (χ1v) is 9.60. The summed E-state index contributed by atoms with van der Waals surface area (Å²) in [4.78, 5) is 12.0. The molecule has 0 aliphatic carbocycles. The van der Waals surface area contributed by atoms with E-state index in [1.807, 2.05) is 42.2 Å². The van der Waals surface area contributed by atoms with Crippen molar-refractivity contribution in [2.24, 2.45) is 4.99 Å². The Balaban J connectivity index is 1.83.